The zero-order chi connectivity index (χ0) is 22.9. The number of aliphatic carboxylic acids is 1. The van der Waals surface area contributed by atoms with Crippen LogP contribution in [-0.2, 0) is 11.3 Å². The number of halogens is 3. The minimum absolute atomic E-state index is 0.0996. The second-order valence-corrected chi connectivity index (χ2v) is 6.30. The van der Waals surface area contributed by atoms with Gasteiger partial charge in [0.15, 0.2) is 0 Å². The van der Waals surface area contributed by atoms with Gasteiger partial charge >= 0.3 is 18.2 Å². The van der Waals surface area contributed by atoms with E-state index >= 15 is 0 Å². The Labute approximate surface area is 176 Å². The molecule has 2 aromatic carbocycles. The van der Waals surface area contributed by atoms with Crippen molar-refractivity contribution >= 4 is 17.7 Å². The fourth-order valence-electron chi connectivity index (χ4n) is 2.49. The molecule has 2 amide bonds. The summed E-state index contributed by atoms with van der Waals surface area (Å²) in [6.07, 6.45) is -1.47. The molecule has 0 spiro atoms. The van der Waals surface area contributed by atoms with E-state index < -0.39 is 12.1 Å². The van der Waals surface area contributed by atoms with E-state index in [-0.39, 0.29) is 6.03 Å². The Morgan fingerprint density at radius 3 is 2.16 bits per heavy atom. The molecular formula is C21H21F3N4O3. The van der Waals surface area contributed by atoms with E-state index in [9.17, 15) is 18.0 Å². The molecule has 0 saturated heterocycles. The molecule has 1 heterocycles. The number of aromatic nitrogens is 2. The highest BCUT2D eigenvalue weighted by molar-refractivity contribution is 5.89. The number of carboxylic acids is 1. The Morgan fingerprint density at radius 1 is 1.06 bits per heavy atom. The molecule has 164 valence electrons. The van der Waals surface area contributed by atoms with Crippen molar-refractivity contribution < 1.29 is 27.9 Å². The minimum atomic E-state index is -5.08. The van der Waals surface area contributed by atoms with Gasteiger partial charge in [-0.25, -0.2) is 9.59 Å². The number of alkyl halides is 3. The van der Waals surface area contributed by atoms with E-state index in [1.54, 1.807) is 11.1 Å². The zero-order valence-corrected chi connectivity index (χ0v) is 16.6. The first-order valence-electron chi connectivity index (χ1n) is 9.20. The van der Waals surface area contributed by atoms with Crippen molar-refractivity contribution in [2.24, 2.45) is 0 Å². The first kappa shape index (κ1) is 23.5. The number of aromatic amines is 1. The van der Waals surface area contributed by atoms with Gasteiger partial charge in [-0.2, -0.15) is 18.3 Å². The Balaban J connectivity index is 0.000000423. The summed E-state index contributed by atoms with van der Waals surface area (Å²) in [5, 5.41) is 16.8. The number of amides is 2. The van der Waals surface area contributed by atoms with Crippen LogP contribution < -0.4 is 5.32 Å². The molecule has 0 radical (unpaired) electrons. The number of anilines is 1. The van der Waals surface area contributed by atoms with Crippen molar-refractivity contribution in [2.45, 2.75) is 19.6 Å². The van der Waals surface area contributed by atoms with Gasteiger partial charge in [-0.15, -0.1) is 0 Å². The lowest BCUT2D eigenvalue weighted by molar-refractivity contribution is -0.192. The standard InChI is InChI=1S/C19H20N4O.C2HF3O2/c1-2-23(14-15-6-4-3-5-7-15)19(24)22-18-10-8-16(9-11-18)17-12-20-21-13-17;3-2(4,5)1(6)7/h3-13H,2,14H2,1H3,(H,20,21)(H,22,24);(H,6,7). The number of nitrogens with zero attached hydrogens (tertiary/aromatic N) is 2. The largest absolute Gasteiger partial charge is 0.490 e. The average Bonchev–Trinajstić information content (AvgIpc) is 3.28. The predicted octanol–water partition coefficient (Wildman–Crippen LogP) is 4.76. The molecular weight excluding hydrogens is 413 g/mol. The maximum absolute atomic E-state index is 12.5. The van der Waals surface area contributed by atoms with Gasteiger partial charge in [0.05, 0.1) is 6.20 Å². The lowest BCUT2D eigenvalue weighted by Crippen LogP contribution is -2.34. The first-order valence-corrected chi connectivity index (χ1v) is 9.20. The van der Waals surface area contributed by atoms with Gasteiger partial charge in [0.1, 0.15) is 0 Å². The smallest absolute Gasteiger partial charge is 0.475 e. The minimum Gasteiger partial charge on any atom is -0.475 e. The Hall–Kier alpha value is -3.82. The van der Waals surface area contributed by atoms with E-state index in [0.717, 1.165) is 22.4 Å². The van der Waals surface area contributed by atoms with Gasteiger partial charge in [-0.1, -0.05) is 42.5 Å². The average molecular weight is 434 g/mol. The summed E-state index contributed by atoms with van der Waals surface area (Å²) >= 11 is 0. The van der Waals surface area contributed by atoms with Crippen LogP contribution in [0.5, 0.6) is 0 Å². The van der Waals surface area contributed by atoms with Gasteiger partial charge in [0.25, 0.3) is 0 Å². The van der Waals surface area contributed by atoms with Gasteiger partial charge < -0.3 is 15.3 Å². The summed E-state index contributed by atoms with van der Waals surface area (Å²) in [4.78, 5) is 23.1. The van der Waals surface area contributed by atoms with Gasteiger partial charge in [0, 0.05) is 30.5 Å². The third-order valence-corrected chi connectivity index (χ3v) is 4.10. The van der Waals surface area contributed by atoms with Gasteiger partial charge in [0.2, 0.25) is 0 Å². The highest BCUT2D eigenvalue weighted by Gasteiger charge is 2.38. The Morgan fingerprint density at radius 2 is 1.68 bits per heavy atom. The number of carboxylic acid groups (broad SMARTS) is 1. The Bertz CT molecular complexity index is 960. The van der Waals surface area contributed by atoms with E-state index in [4.69, 9.17) is 9.90 Å². The molecule has 0 atom stereocenters. The predicted molar refractivity (Wildman–Crippen MR) is 109 cm³/mol. The maximum Gasteiger partial charge on any atom is 0.490 e. The normalized spacial score (nSPS) is 10.6. The highest BCUT2D eigenvalue weighted by atomic mass is 19.4. The third-order valence-electron chi connectivity index (χ3n) is 4.10. The molecule has 0 aliphatic rings. The molecule has 10 heteroatoms. The van der Waals surface area contributed by atoms with E-state index in [2.05, 4.69) is 15.5 Å². The van der Waals surface area contributed by atoms with Crippen molar-refractivity contribution in [2.75, 3.05) is 11.9 Å². The Kier molecular flexibility index (Phi) is 8.18. The summed E-state index contributed by atoms with van der Waals surface area (Å²) in [6.45, 7) is 3.22. The van der Waals surface area contributed by atoms with Crippen LogP contribution in [0.15, 0.2) is 67.0 Å². The monoisotopic (exact) mass is 434 g/mol. The summed E-state index contributed by atoms with van der Waals surface area (Å²) in [6, 6.07) is 17.6. The van der Waals surface area contributed by atoms with Crippen LogP contribution in [0.3, 0.4) is 0 Å². The van der Waals surface area contributed by atoms with Crippen LogP contribution in [0, 0.1) is 0 Å². The summed E-state index contributed by atoms with van der Waals surface area (Å²) < 4.78 is 31.7. The SMILES string of the molecule is CCN(Cc1ccccc1)C(=O)Nc1ccc(-c2cn[nH]c2)cc1.O=C(O)C(F)(F)F. The summed E-state index contributed by atoms with van der Waals surface area (Å²) in [5.41, 5.74) is 3.97. The van der Waals surface area contributed by atoms with Gasteiger partial charge in [-0.05, 0) is 30.2 Å². The van der Waals surface area contributed by atoms with Crippen LogP contribution in [-0.4, -0.2) is 44.9 Å². The first-order chi connectivity index (χ1) is 14.7. The van der Waals surface area contributed by atoms with E-state index in [1.165, 1.54) is 0 Å². The molecule has 0 fully saturated rings. The summed E-state index contributed by atoms with van der Waals surface area (Å²) in [7, 11) is 0. The van der Waals surface area contributed by atoms with Crippen LogP contribution >= 0.6 is 0 Å². The summed E-state index contributed by atoms with van der Waals surface area (Å²) in [5.74, 6) is -2.76. The number of benzene rings is 2. The quantitative estimate of drug-likeness (QED) is 0.539. The number of rotatable bonds is 5. The number of hydrogen-bond donors (Lipinski definition) is 3. The topological polar surface area (TPSA) is 98.3 Å². The van der Waals surface area contributed by atoms with E-state index in [1.807, 2.05) is 67.7 Å². The fourth-order valence-corrected chi connectivity index (χ4v) is 2.49. The highest BCUT2D eigenvalue weighted by Crippen LogP contribution is 2.20. The van der Waals surface area contributed by atoms with E-state index in [0.29, 0.717) is 13.1 Å². The maximum atomic E-state index is 12.5. The molecule has 0 aliphatic heterocycles. The lowest BCUT2D eigenvalue weighted by atomic mass is 10.1. The molecule has 3 rings (SSSR count). The number of urea groups is 1. The molecule has 0 unspecified atom stereocenters. The van der Waals surface area contributed by atoms with Crippen molar-refractivity contribution in [1.82, 2.24) is 15.1 Å². The second-order valence-electron chi connectivity index (χ2n) is 6.30. The van der Waals surface area contributed by atoms with Crippen molar-refractivity contribution in [3.8, 4) is 11.1 Å². The van der Waals surface area contributed by atoms with Crippen LogP contribution in [0.25, 0.3) is 11.1 Å². The van der Waals surface area contributed by atoms with Gasteiger partial charge in [-0.3, -0.25) is 5.10 Å². The van der Waals surface area contributed by atoms with Crippen molar-refractivity contribution in [3.63, 3.8) is 0 Å². The van der Waals surface area contributed by atoms with Crippen molar-refractivity contribution in [1.29, 1.82) is 0 Å². The zero-order valence-electron chi connectivity index (χ0n) is 16.6. The number of nitrogens with one attached hydrogen (secondary N) is 2. The molecule has 0 aliphatic carbocycles. The molecule has 7 nitrogen and oxygen atoms in total. The molecule has 0 saturated carbocycles. The van der Waals surface area contributed by atoms with Crippen LogP contribution in [0.2, 0.25) is 0 Å². The molecule has 1 aromatic heterocycles. The molecule has 31 heavy (non-hydrogen) atoms. The molecule has 0 bridgehead atoms. The van der Waals surface area contributed by atoms with Crippen molar-refractivity contribution in [3.05, 3.63) is 72.6 Å². The van der Waals surface area contributed by atoms with Crippen LogP contribution in [0.1, 0.15) is 12.5 Å². The third kappa shape index (κ3) is 7.50. The lowest BCUT2D eigenvalue weighted by Gasteiger charge is -2.21. The number of H-pyrrole nitrogens is 1. The number of hydrogen-bond acceptors (Lipinski definition) is 3. The van der Waals surface area contributed by atoms with Crippen LogP contribution in [0.4, 0.5) is 23.7 Å². The molecule has 3 aromatic rings. The second kappa shape index (κ2) is 10.8. The fraction of sp³-hybridized carbons (Fsp3) is 0.190. The molecule has 3 N–H and O–H groups in total. The number of carbonyl (C=O) groups is 2. The number of carbonyl (C=O) groups excluding carboxylic acids is 1.